The maximum absolute atomic E-state index is 13.0. The number of esters is 4. The van der Waals surface area contributed by atoms with Crippen LogP contribution in [-0.2, 0) is 65.4 Å². The lowest BCUT2D eigenvalue weighted by Gasteiger charge is -2.21. The number of unbranched alkanes of at least 4 members (excludes halogenated alkanes) is 38. The summed E-state index contributed by atoms with van der Waals surface area (Å²) in [5, 5.41) is 10.5. The third kappa shape index (κ3) is 62.8. The number of phosphoric ester groups is 2. The summed E-state index contributed by atoms with van der Waals surface area (Å²) >= 11 is 0. The Labute approximate surface area is 537 Å². The van der Waals surface area contributed by atoms with Gasteiger partial charge in [-0.3, -0.25) is 37.3 Å². The highest BCUT2D eigenvalue weighted by molar-refractivity contribution is 7.47. The Kier molecular flexibility index (Phi) is 59.9. The molecule has 17 nitrogen and oxygen atoms in total. The van der Waals surface area contributed by atoms with Gasteiger partial charge in [-0.15, -0.1) is 0 Å². The van der Waals surface area contributed by atoms with E-state index in [9.17, 15) is 43.2 Å². The fraction of sp³-hybridized carbons (Fsp3) is 0.942. The van der Waals surface area contributed by atoms with Crippen molar-refractivity contribution in [2.75, 3.05) is 39.6 Å². The Morgan fingerprint density at radius 1 is 0.307 bits per heavy atom. The minimum atomic E-state index is -4.95. The molecule has 0 amide bonds. The Bertz CT molecular complexity index is 1720. The number of phosphoric acid groups is 2. The second-order valence-electron chi connectivity index (χ2n) is 25.9. The fourth-order valence-electron chi connectivity index (χ4n) is 10.4. The van der Waals surface area contributed by atoms with Crippen LogP contribution in [0.2, 0.25) is 0 Å². The van der Waals surface area contributed by atoms with E-state index in [1.807, 2.05) is 0 Å². The summed E-state index contributed by atoms with van der Waals surface area (Å²) in [4.78, 5) is 72.2. The molecule has 0 aliphatic heterocycles. The summed E-state index contributed by atoms with van der Waals surface area (Å²) in [5.41, 5.74) is 0. The number of carbonyl (C=O) groups is 4. The van der Waals surface area contributed by atoms with Crippen LogP contribution in [0.15, 0.2) is 0 Å². The van der Waals surface area contributed by atoms with E-state index >= 15 is 0 Å². The average molecular weight is 1300 g/mol. The van der Waals surface area contributed by atoms with E-state index in [0.29, 0.717) is 25.7 Å². The Morgan fingerprint density at radius 2 is 0.523 bits per heavy atom. The second kappa shape index (κ2) is 61.3. The lowest BCUT2D eigenvalue weighted by atomic mass is 10.0. The first-order valence-corrected chi connectivity index (χ1v) is 39.0. The molecule has 0 saturated heterocycles. The summed E-state index contributed by atoms with van der Waals surface area (Å²) in [7, 11) is -9.89. The van der Waals surface area contributed by atoms with Gasteiger partial charge in [0.25, 0.3) is 0 Å². The molecule has 88 heavy (non-hydrogen) atoms. The number of carbonyl (C=O) groups excluding carboxylic acids is 4. The zero-order valence-corrected chi connectivity index (χ0v) is 58.8. The van der Waals surface area contributed by atoms with Crippen LogP contribution in [0.5, 0.6) is 0 Å². The molecule has 0 fully saturated rings. The minimum absolute atomic E-state index is 0.104. The van der Waals surface area contributed by atoms with Crippen LogP contribution in [0.1, 0.15) is 350 Å². The summed E-state index contributed by atoms with van der Waals surface area (Å²) in [6.45, 7) is 9.41. The van der Waals surface area contributed by atoms with E-state index in [1.165, 1.54) is 161 Å². The molecule has 19 heteroatoms. The smallest absolute Gasteiger partial charge is 0.462 e. The van der Waals surface area contributed by atoms with Gasteiger partial charge in [-0.2, -0.15) is 0 Å². The van der Waals surface area contributed by atoms with Crippen molar-refractivity contribution in [2.24, 2.45) is 11.8 Å². The van der Waals surface area contributed by atoms with E-state index in [2.05, 4.69) is 41.5 Å². The summed E-state index contributed by atoms with van der Waals surface area (Å²) in [6, 6.07) is 0. The van der Waals surface area contributed by atoms with Crippen LogP contribution in [0, 0.1) is 11.8 Å². The number of hydrogen-bond donors (Lipinski definition) is 3. The Morgan fingerprint density at radius 3 is 0.773 bits per heavy atom. The predicted molar refractivity (Wildman–Crippen MR) is 354 cm³/mol. The van der Waals surface area contributed by atoms with Crippen molar-refractivity contribution < 1.29 is 80.2 Å². The number of aliphatic hydroxyl groups excluding tert-OH is 1. The van der Waals surface area contributed by atoms with Crippen molar-refractivity contribution in [1.29, 1.82) is 0 Å². The molecule has 3 N–H and O–H groups in total. The highest BCUT2D eigenvalue weighted by Gasteiger charge is 2.30. The monoisotopic (exact) mass is 1300 g/mol. The zero-order valence-electron chi connectivity index (χ0n) is 57.0. The summed E-state index contributed by atoms with van der Waals surface area (Å²) in [5.74, 6) is -0.657. The maximum Gasteiger partial charge on any atom is 0.472 e. The van der Waals surface area contributed by atoms with Gasteiger partial charge in [-0.1, -0.05) is 298 Å². The molecule has 0 radical (unpaired) electrons. The molecule has 0 aromatic carbocycles. The summed E-state index contributed by atoms with van der Waals surface area (Å²) in [6.07, 6.45) is 46.3. The van der Waals surface area contributed by atoms with Crippen molar-refractivity contribution >= 4 is 39.5 Å². The van der Waals surface area contributed by atoms with Gasteiger partial charge in [-0.25, -0.2) is 9.13 Å². The molecule has 0 aliphatic carbocycles. The first kappa shape index (κ1) is 86.1. The highest BCUT2D eigenvalue weighted by atomic mass is 31.2. The molecule has 0 rings (SSSR count). The van der Waals surface area contributed by atoms with Crippen LogP contribution in [0.4, 0.5) is 0 Å². The molecular weight excluding hydrogens is 1160 g/mol. The molecule has 0 aromatic rings. The van der Waals surface area contributed by atoms with E-state index in [1.54, 1.807) is 0 Å². The van der Waals surface area contributed by atoms with Crippen LogP contribution >= 0.6 is 15.6 Å². The van der Waals surface area contributed by atoms with E-state index in [-0.39, 0.29) is 25.7 Å². The number of hydrogen-bond acceptors (Lipinski definition) is 15. The van der Waals surface area contributed by atoms with Crippen molar-refractivity contribution in [2.45, 2.75) is 368 Å². The lowest BCUT2D eigenvalue weighted by molar-refractivity contribution is -0.161. The first-order chi connectivity index (χ1) is 42.4. The predicted octanol–water partition coefficient (Wildman–Crippen LogP) is 19.6. The zero-order chi connectivity index (χ0) is 65.0. The van der Waals surface area contributed by atoms with Gasteiger partial charge in [0.2, 0.25) is 0 Å². The van der Waals surface area contributed by atoms with Gasteiger partial charge in [-0.05, 0) is 37.5 Å². The first-order valence-electron chi connectivity index (χ1n) is 36.0. The molecule has 0 aliphatic rings. The molecule has 0 spiro atoms. The molecule has 0 aromatic heterocycles. The molecule has 0 bridgehead atoms. The van der Waals surface area contributed by atoms with Crippen molar-refractivity contribution in [3.05, 3.63) is 0 Å². The Balaban J connectivity index is 5.13. The fourth-order valence-corrected chi connectivity index (χ4v) is 12.0. The molecule has 0 heterocycles. The molecule has 5 atom stereocenters. The quantitative estimate of drug-likeness (QED) is 0.0222. The van der Waals surface area contributed by atoms with Gasteiger partial charge >= 0.3 is 39.5 Å². The Hall–Kier alpha value is -1.94. The minimum Gasteiger partial charge on any atom is -0.462 e. The lowest BCUT2D eigenvalue weighted by Crippen LogP contribution is -2.30. The van der Waals surface area contributed by atoms with E-state index in [0.717, 1.165) is 108 Å². The van der Waals surface area contributed by atoms with Gasteiger partial charge in [0.05, 0.1) is 26.4 Å². The van der Waals surface area contributed by atoms with Crippen molar-refractivity contribution in [3.8, 4) is 0 Å². The number of rotatable bonds is 68. The molecule has 522 valence electrons. The third-order valence-electron chi connectivity index (χ3n) is 16.0. The highest BCUT2D eigenvalue weighted by Crippen LogP contribution is 2.45. The SMILES string of the molecule is CCCCCCCCCCCCCCCCCCCCCC(=O)O[C@H](COC(=O)CCCCCCCCCCCC(C)C)COP(=O)(O)OC[C@@H](O)COP(=O)(O)OC[C@@H](COC(=O)CCCCCCC)OC(=O)CCCCCCCCCCCC(C)C. The van der Waals surface area contributed by atoms with Gasteiger partial charge in [0.1, 0.15) is 19.3 Å². The molecule has 2 unspecified atom stereocenters. The van der Waals surface area contributed by atoms with Crippen LogP contribution in [0.3, 0.4) is 0 Å². The standard InChI is InChI=1S/C69H134O17P2/c1-7-9-11-13-14-15-16-17-18-19-20-21-22-23-24-29-35-41-47-53-68(73)86-65(58-80-67(72)52-46-40-34-30-25-27-32-38-43-49-61(3)4)60-84-88(77,78)82-56-63(70)55-81-87(75,76)83-59-64(57-79-66(71)51-45-37-12-10-8-2)85-69(74)54-48-42-36-31-26-28-33-39-44-50-62(5)6/h61-65,70H,7-60H2,1-6H3,(H,75,76)(H,77,78)/t63-,64+,65+/m0/s1. The third-order valence-corrected chi connectivity index (χ3v) is 17.9. The van der Waals surface area contributed by atoms with E-state index < -0.39 is 97.5 Å². The largest absolute Gasteiger partial charge is 0.472 e. The number of aliphatic hydroxyl groups is 1. The number of ether oxygens (including phenoxy) is 4. The van der Waals surface area contributed by atoms with Crippen LogP contribution in [-0.4, -0.2) is 96.7 Å². The van der Waals surface area contributed by atoms with Crippen LogP contribution < -0.4 is 0 Å². The van der Waals surface area contributed by atoms with Gasteiger partial charge in [0.15, 0.2) is 12.2 Å². The second-order valence-corrected chi connectivity index (χ2v) is 28.8. The van der Waals surface area contributed by atoms with Crippen molar-refractivity contribution in [1.82, 2.24) is 0 Å². The molecular formula is C69H134O17P2. The van der Waals surface area contributed by atoms with E-state index in [4.69, 9.17) is 37.0 Å². The maximum atomic E-state index is 13.0. The van der Waals surface area contributed by atoms with Crippen LogP contribution in [0.25, 0.3) is 0 Å². The average Bonchev–Trinajstić information content (AvgIpc) is 3.54. The van der Waals surface area contributed by atoms with Gasteiger partial charge < -0.3 is 33.8 Å². The topological polar surface area (TPSA) is 237 Å². The normalized spacial score (nSPS) is 14.2. The molecule has 0 saturated carbocycles. The van der Waals surface area contributed by atoms with Crippen molar-refractivity contribution in [3.63, 3.8) is 0 Å². The summed E-state index contributed by atoms with van der Waals surface area (Å²) < 4.78 is 68.0. The van der Waals surface area contributed by atoms with Gasteiger partial charge in [0, 0.05) is 25.7 Å².